The van der Waals surface area contributed by atoms with Crippen LogP contribution in [0, 0.1) is 5.92 Å². The molecule has 2 atom stereocenters. The normalized spacial score (nSPS) is 20.4. The maximum Gasteiger partial charge on any atom is 0.430 e. The summed E-state index contributed by atoms with van der Waals surface area (Å²) in [5.74, 6) is -0.611. The lowest BCUT2D eigenvalue weighted by Crippen LogP contribution is -2.51. The summed E-state index contributed by atoms with van der Waals surface area (Å²) >= 11 is 0. The van der Waals surface area contributed by atoms with Crippen LogP contribution in [-0.4, -0.2) is 23.7 Å². The van der Waals surface area contributed by atoms with Gasteiger partial charge in [0.05, 0.1) is 25.3 Å². The Labute approximate surface area is 140 Å². The topological polar surface area (TPSA) is 78.2 Å². The number of carbonyl (C=O) groups excluding carboxylic acids is 1. The van der Waals surface area contributed by atoms with Crippen molar-refractivity contribution in [3.63, 3.8) is 0 Å². The number of hydrogen-bond acceptors (Lipinski definition) is 5. The highest BCUT2D eigenvalue weighted by atomic mass is 19.4. The van der Waals surface area contributed by atoms with Gasteiger partial charge in [0.2, 0.25) is 0 Å². The summed E-state index contributed by atoms with van der Waals surface area (Å²) in [6.45, 7) is 1.71. The second-order valence-electron chi connectivity index (χ2n) is 5.61. The van der Waals surface area contributed by atoms with Gasteiger partial charge in [0.15, 0.2) is 0 Å². The Morgan fingerprint density at radius 2 is 2.04 bits per heavy atom. The van der Waals surface area contributed by atoms with E-state index in [2.05, 4.69) is 33.2 Å². The molecule has 1 N–H and O–H groups in total. The number of nitrogens with zero attached hydrogens (tertiary/aromatic N) is 2. The molecule has 25 heavy (non-hydrogen) atoms. The molecule has 2 aromatic rings. The van der Waals surface area contributed by atoms with Crippen molar-refractivity contribution in [3.8, 4) is 5.75 Å². The number of nitrogens with one attached hydrogen (secondary N) is 1. The van der Waals surface area contributed by atoms with Crippen molar-refractivity contribution in [2.24, 2.45) is 5.92 Å². The van der Waals surface area contributed by atoms with E-state index in [1.54, 1.807) is 0 Å². The molecule has 0 saturated carbocycles. The number of carbonyl (C=O) groups is 1. The van der Waals surface area contributed by atoms with Crippen molar-refractivity contribution in [1.82, 2.24) is 4.98 Å². The zero-order valence-electron chi connectivity index (χ0n) is 12.9. The van der Waals surface area contributed by atoms with Crippen LogP contribution < -0.4 is 19.7 Å². The first-order chi connectivity index (χ1) is 11.9. The summed E-state index contributed by atoms with van der Waals surface area (Å²) in [6, 6.07) is 10.5. The quantitative estimate of drug-likeness (QED) is 0.711. The van der Waals surface area contributed by atoms with Gasteiger partial charge in [0.1, 0.15) is 24.0 Å². The first-order valence-electron chi connectivity index (χ1n) is 7.47. The monoisotopic (exact) mass is 353 g/mol. The molecule has 132 valence electrons. The van der Waals surface area contributed by atoms with E-state index in [1.165, 1.54) is 5.56 Å². The van der Waals surface area contributed by atoms with Crippen LogP contribution in [-0.2, 0) is 11.3 Å². The molecular weight excluding hydrogens is 339 g/mol. The van der Waals surface area contributed by atoms with Gasteiger partial charge < -0.3 is 14.6 Å². The molecule has 2 unspecified atom stereocenters. The van der Waals surface area contributed by atoms with Gasteiger partial charge in [-0.1, -0.05) is 23.2 Å². The molecule has 2 aliphatic rings. The molecule has 4 rings (SSSR count). The third-order valence-electron chi connectivity index (χ3n) is 3.95. The summed E-state index contributed by atoms with van der Waals surface area (Å²) in [5.41, 5.74) is 1.24. The van der Waals surface area contributed by atoms with E-state index in [-0.39, 0.29) is 0 Å². The maximum absolute atomic E-state index is 10.5. The number of halogens is 3. The van der Waals surface area contributed by atoms with Crippen LogP contribution in [0.2, 0.25) is 0 Å². The first kappa shape index (κ1) is 17.0. The number of anilines is 1. The summed E-state index contributed by atoms with van der Waals surface area (Å²) in [7, 11) is 0. The lowest BCUT2D eigenvalue weighted by atomic mass is 9.89. The third-order valence-corrected chi connectivity index (χ3v) is 3.95. The van der Waals surface area contributed by atoms with E-state index in [4.69, 9.17) is 14.6 Å². The van der Waals surface area contributed by atoms with Gasteiger partial charge in [0, 0.05) is 11.6 Å². The van der Waals surface area contributed by atoms with Crippen LogP contribution >= 0.6 is 0 Å². The zero-order valence-corrected chi connectivity index (χ0v) is 12.9. The molecule has 0 amide bonds. The Kier molecular flexibility index (Phi) is 4.47. The number of benzene rings is 1. The smallest absolute Gasteiger partial charge is 0.430 e. The molecule has 0 spiro atoms. The minimum atomic E-state index is -5.19. The number of para-hydroxylation sites is 1. The van der Waals surface area contributed by atoms with Crippen molar-refractivity contribution >= 4 is 11.9 Å². The standard InChI is InChI=1S/C14H13N3O.C2HF3O2/c1-2-5-12-11(4-1)13-10(9-18-12)8-17-7-3-6-15-14(17)16-13;3-2(4,5)1(6)7/h1-7,10,13H,8-9H2;(H,6,7). The van der Waals surface area contributed by atoms with Crippen LogP contribution in [0.3, 0.4) is 0 Å². The van der Waals surface area contributed by atoms with E-state index in [0.717, 1.165) is 24.8 Å². The average molecular weight is 353 g/mol. The summed E-state index contributed by atoms with van der Waals surface area (Å²) in [4.78, 5) is 13.2. The van der Waals surface area contributed by atoms with Crippen molar-refractivity contribution in [1.29, 1.82) is 0 Å². The van der Waals surface area contributed by atoms with Crippen LogP contribution in [0.15, 0.2) is 42.7 Å². The molecule has 1 aromatic heterocycles. The number of aliphatic carboxylic acids is 1. The molecule has 0 radical (unpaired) electrons. The van der Waals surface area contributed by atoms with Crippen molar-refractivity contribution < 1.29 is 32.4 Å². The van der Waals surface area contributed by atoms with E-state index >= 15 is 0 Å². The number of carboxylic acid groups (broad SMARTS) is 1. The van der Waals surface area contributed by atoms with E-state index in [1.807, 2.05) is 24.4 Å². The molecule has 0 aliphatic carbocycles. The number of fused-ring (bicyclic) bond motifs is 4. The van der Waals surface area contributed by atoms with Gasteiger partial charge in [-0.3, -0.25) is 5.32 Å². The lowest BCUT2D eigenvalue weighted by molar-refractivity contribution is -0.697. The predicted molar refractivity (Wildman–Crippen MR) is 77.3 cm³/mol. The van der Waals surface area contributed by atoms with Gasteiger partial charge in [-0.25, -0.2) is 4.57 Å². The fourth-order valence-corrected chi connectivity index (χ4v) is 2.83. The fraction of sp³-hybridized carbons (Fsp3) is 0.312. The minimum absolute atomic E-state index is 0.310. The molecule has 0 fully saturated rings. The zero-order chi connectivity index (χ0) is 18.0. The fourth-order valence-electron chi connectivity index (χ4n) is 2.83. The number of hydrogen-bond donors (Lipinski definition) is 1. The molecule has 6 nitrogen and oxygen atoms in total. The van der Waals surface area contributed by atoms with E-state index < -0.39 is 12.1 Å². The molecule has 0 bridgehead atoms. The van der Waals surface area contributed by atoms with Crippen molar-refractivity contribution in [3.05, 3.63) is 48.3 Å². The second-order valence-corrected chi connectivity index (χ2v) is 5.61. The van der Waals surface area contributed by atoms with Crippen LogP contribution in [0.25, 0.3) is 0 Å². The Balaban J connectivity index is 0.000000225. The van der Waals surface area contributed by atoms with E-state index in [0.29, 0.717) is 12.0 Å². The number of alkyl halides is 3. The average Bonchev–Trinajstić information content (AvgIpc) is 2.59. The second kappa shape index (κ2) is 6.58. The van der Waals surface area contributed by atoms with Crippen molar-refractivity contribution in [2.45, 2.75) is 18.8 Å². The van der Waals surface area contributed by atoms with E-state index in [9.17, 15) is 13.2 Å². The highest BCUT2D eigenvalue weighted by molar-refractivity contribution is 5.70. The number of rotatable bonds is 0. The molecule has 1 aromatic carbocycles. The number of carboxylic acids is 1. The maximum atomic E-state index is 10.5. The minimum Gasteiger partial charge on any atom is -0.542 e. The van der Waals surface area contributed by atoms with Gasteiger partial charge in [-0.05, 0) is 6.07 Å². The molecule has 0 saturated heterocycles. The molecule has 9 heteroatoms. The summed E-state index contributed by atoms with van der Waals surface area (Å²) in [6.07, 6.45) is -1.31. The highest BCUT2D eigenvalue weighted by Gasteiger charge is 2.39. The largest absolute Gasteiger partial charge is 0.542 e. The number of aromatic nitrogens is 2. The number of ether oxygens (including phenoxy) is 1. The Hall–Kier alpha value is -2.84. The molecule has 2 aliphatic heterocycles. The van der Waals surface area contributed by atoms with Gasteiger partial charge in [-0.15, -0.1) is 0 Å². The van der Waals surface area contributed by atoms with Crippen molar-refractivity contribution in [2.75, 3.05) is 11.9 Å². The summed E-state index contributed by atoms with van der Waals surface area (Å²) in [5, 5.41) is 12.3. The lowest BCUT2D eigenvalue weighted by Gasteiger charge is -2.34. The summed E-state index contributed by atoms with van der Waals surface area (Å²) < 4.78 is 39.5. The SMILES string of the molecule is O=C([O-])C(F)(F)F.c1ccc2c(c1)OCC1C[n+]3cccnc3NC21. The van der Waals surface area contributed by atoms with Gasteiger partial charge in [0.25, 0.3) is 0 Å². The molecule has 3 heterocycles. The Morgan fingerprint density at radius 1 is 1.32 bits per heavy atom. The van der Waals surface area contributed by atoms with Gasteiger partial charge >= 0.3 is 12.1 Å². The predicted octanol–water partition coefficient (Wildman–Crippen LogP) is 0.843. The Bertz CT molecular complexity index is 782. The Morgan fingerprint density at radius 3 is 2.76 bits per heavy atom. The van der Waals surface area contributed by atoms with Crippen LogP contribution in [0.1, 0.15) is 11.6 Å². The van der Waals surface area contributed by atoms with Gasteiger partial charge in [-0.2, -0.15) is 13.2 Å². The molecular formula is C16H14F3N3O3. The third kappa shape index (κ3) is 3.65. The highest BCUT2D eigenvalue weighted by Crippen LogP contribution is 2.38. The first-order valence-corrected chi connectivity index (χ1v) is 7.47. The van der Waals surface area contributed by atoms with Crippen LogP contribution in [0.4, 0.5) is 19.1 Å². The van der Waals surface area contributed by atoms with Crippen LogP contribution in [0.5, 0.6) is 5.75 Å².